The van der Waals surface area contributed by atoms with E-state index in [9.17, 15) is 4.39 Å². The van der Waals surface area contributed by atoms with E-state index in [1.807, 2.05) is 0 Å². The van der Waals surface area contributed by atoms with Crippen LogP contribution in [0.15, 0.2) is 22.7 Å². The van der Waals surface area contributed by atoms with E-state index in [-0.39, 0.29) is 18.0 Å². The maximum Gasteiger partial charge on any atom is 0.128 e. The molecule has 1 fully saturated rings. The average molecular weight is 303 g/mol. The number of benzene rings is 1. The molecular formula is C12H16BrFN2O. The van der Waals surface area contributed by atoms with E-state index in [0.717, 1.165) is 23.9 Å². The second-order valence-corrected chi connectivity index (χ2v) is 5.17. The summed E-state index contributed by atoms with van der Waals surface area (Å²) in [6.07, 6.45) is 2.97. The first-order chi connectivity index (χ1) is 8.20. The Morgan fingerprint density at radius 2 is 2.41 bits per heavy atom. The highest BCUT2D eigenvalue weighted by atomic mass is 79.9. The van der Waals surface area contributed by atoms with Gasteiger partial charge in [-0.3, -0.25) is 11.3 Å². The second-order valence-electron chi connectivity index (χ2n) is 4.26. The Hall–Kier alpha value is -0.490. The molecule has 2 atom stereocenters. The third-order valence-corrected chi connectivity index (χ3v) is 3.55. The van der Waals surface area contributed by atoms with Crippen LogP contribution in [0.4, 0.5) is 4.39 Å². The maximum absolute atomic E-state index is 13.7. The molecule has 0 aliphatic carbocycles. The molecule has 2 rings (SSSR count). The summed E-state index contributed by atoms with van der Waals surface area (Å²) in [6, 6.07) is 4.67. The molecule has 1 aromatic carbocycles. The lowest BCUT2D eigenvalue weighted by molar-refractivity contribution is 0.0942. The van der Waals surface area contributed by atoms with Gasteiger partial charge in [0.15, 0.2) is 0 Å². The molecule has 0 amide bonds. The molecule has 3 N–H and O–H groups in total. The Balaban J connectivity index is 2.13. The molecule has 1 aliphatic rings. The monoisotopic (exact) mass is 302 g/mol. The lowest BCUT2D eigenvalue weighted by atomic mass is 9.99. The molecule has 0 saturated carbocycles. The lowest BCUT2D eigenvalue weighted by Gasteiger charge is -2.20. The molecule has 1 heterocycles. The zero-order chi connectivity index (χ0) is 12.3. The first kappa shape index (κ1) is 13.0. The molecule has 17 heavy (non-hydrogen) atoms. The molecule has 2 unspecified atom stereocenters. The van der Waals surface area contributed by atoms with Gasteiger partial charge in [0.2, 0.25) is 0 Å². The zero-order valence-electron chi connectivity index (χ0n) is 9.46. The van der Waals surface area contributed by atoms with Crippen LogP contribution in [0.3, 0.4) is 0 Å². The molecular weight excluding hydrogens is 287 g/mol. The number of hydrogen-bond acceptors (Lipinski definition) is 3. The number of halogens is 2. The summed E-state index contributed by atoms with van der Waals surface area (Å²) >= 11 is 3.34. The van der Waals surface area contributed by atoms with Crippen LogP contribution in [0.1, 0.15) is 30.9 Å². The van der Waals surface area contributed by atoms with Gasteiger partial charge in [0, 0.05) is 16.6 Å². The summed E-state index contributed by atoms with van der Waals surface area (Å²) in [7, 11) is 0. The van der Waals surface area contributed by atoms with E-state index in [4.69, 9.17) is 10.6 Å². The molecule has 0 bridgehead atoms. The van der Waals surface area contributed by atoms with Crippen LogP contribution in [0.5, 0.6) is 0 Å². The van der Waals surface area contributed by atoms with Gasteiger partial charge in [-0.15, -0.1) is 0 Å². The fourth-order valence-electron chi connectivity index (χ4n) is 2.16. The molecule has 0 spiro atoms. The van der Waals surface area contributed by atoms with E-state index in [0.29, 0.717) is 12.0 Å². The normalized spacial score (nSPS) is 21.7. The lowest BCUT2D eigenvalue weighted by Crippen LogP contribution is -2.31. The van der Waals surface area contributed by atoms with Gasteiger partial charge in [-0.2, -0.15) is 0 Å². The molecule has 0 radical (unpaired) electrons. The van der Waals surface area contributed by atoms with Gasteiger partial charge in [0.1, 0.15) is 5.82 Å². The summed E-state index contributed by atoms with van der Waals surface area (Å²) in [5, 5.41) is 0. The Bertz CT molecular complexity index is 383. The number of rotatable bonds is 4. The van der Waals surface area contributed by atoms with Crippen LogP contribution in [-0.4, -0.2) is 12.7 Å². The fraction of sp³-hybridized carbons (Fsp3) is 0.500. The van der Waals surface area contributed by atoms with E-state index in [2.05, 4.69) is 21.4 Å². The van der Waals surface area contributed by atoms with Crippen molar-refractivity contribution in [2.75, 3.05) is 6.61 Å². The smallest absolute Gasteiger partial charge is 0.128 e. The zero-order valence-corrected chi connectivity index (χ0v) is 11.0. The van der Waals surface area contributed by atoms with Gasteiger partial charge in [-0.05, 0) is 37.5 Å². The Labute approximate surface area is 109 Å². The third-order valence-electron chi connectivity index (χ3n) is 3.06. The SMILES string of the molecule is NNC(CC1CCCO1)c1cc(Br)ccc1F. The maximum atomic E-state index is 13.7. The molecule has 94 valence electrons. The van der Waals surface area contributed by atoms with E-state index in [1.165, 1.54) is 6.07 Å². The summed E-state index contributed by atoms with van der Waals surface area (Å²) < 4.78 is 20.1. The quantitative estimate of drug-likeness (QED) is 0.664. The van der Waals surface area contributed by atoms with Crippen molar-refractivity contribution in [2.24, 2.45) is 5.84 Å². The molecule has 1 saturated heterocycles. The largest absolute Gasteiger partial charge is 0.378 e. The Morgan fingerprint density at radius 1 is 1.59 bits per heavy atom. The van der Waals surface area contributed by atoms with Crippen molar-refractivity contribution in [3.63, 3.8) is 0 Å². The van der Waals surface area contributed by atoms with E-state index in [1.54, 1.807) is 12.1 Å². The Morgan fingerprint density at radius 3 is 3.06 bits per heavy atom. The van der Waals surface area contributed by atoms with Gasteiger partial charge in [-0.1, -0.05) is 15.9 Å². The van der Waals surface area contributed by atoms with Crippen molar-refractivity contribution < 1.29 is 9.13 Å². The van der Waals surface area contributed by atoms with Crippen LogP contribution in [-0.2, 0) is 4.74 Å². The standard InChI is InChI=1S/C12H16BrFN2O/c13-8-3-4-11(14)10(6-8)12(16-15)7-9-2-1-5-17-9/h3-4,6,9,12,16H,1-2,5,7,15H2. The van der Waals surface area contributed by atoms with E-state index >= 15 is 0 Å². The number of ether oxygens (including phenoxy) is 1. The minimum atomic E-state index is -0.242. The highest BCUT2D eigenvalue weighted by molar-refractivity contribution is 9.10. The van der Waals surface area contributed by atoms with Crippen LogP contribution in [0.2, 0.25) is 0 Å². The van der Waals surface area contributed by atoms with Gasteiger partial charge >= 0.3 is 0 Å². The predicted molar refractivity (Wildman–Crippen MR) is 67.8 cm³/mol. The summed E-state index contributed by atoms with van der Waals surface area (Å²) in [6.45, 7) is 0.795. The predicted octanol–water partition coefficient (Wildman–Crippen LogP) is 2.66. The summed E-state index contributed by atoms with van der Waals surface area (Å²) in [5.74, 6) is 5.27. The molecule has 1 aromatic rings. The molecule has 0 aromatic heterocycles. The van der Waals surface area contributed by atoms with Crippen molar-refractivity contribution >= 4 is 15.9 Å². The minimum absolute atomic E-state index is 0.175. The number of hydrogen-bond donors (Lipinski definition) is 2. The Kier molecular flexibility index (Phi) is 4.50. The van der Waals surface area contributed by atoms with Crippen molar-refractivity contribution in [1.82, 2.24) is 5.43 Å². The average Bonchev–Trinajstić information content (AvgIpc) is 2.82. The van der Waals surface area contributed by atoms with Crippen LogP contribution >= 0.6 is 15.9 Å². The van der Waals surface area contributed by atoms with Crippen LogP contribution in [0.25, 0.3) is 0 Å². The van der Waals surface area contributed by atoms with Crippen LogP contribution in [0, 0.1) is 5.82 Å². The third kappa shape index (κ3) is 3.25. The topological polar surface area (TPSA) is 47.3 Å². The highest BCUT2D eigenvalue weighted by Crippen LogP contribution is 2.28. The van der Waals surface area contributed by atoms with Crippen LogP contribution < -0.4 is 11.3 Å². The van der Waals surface area contributed by atoms with Gasteiger partial charge < -0.3 is 4.74 Å². The molecule has 3 nitrogen and oxygen atoms in total. The first-order valence-electron chi connectivity index (χ1n) is 5.73. The number of nitrogens with one attached hydrogen (secondary N) is 1. The summed E-state index contributed by atoms with van der Waals surface area (Å²) in [4.78, 5) is 0. The second kappa shape index (κ2) is 5.91. The van der Waals surface area contributed by atoms with Crippen molar-refractivity contribution in [3.8, 4) is 0 Å². The van der Waals surface area contributed by atoms with Gasteiger partial charge in [-0.25, -0.2) is 4.39 Å². The van der Waals surface area contributed by atoms with Crippen molar-refractivity contribution in [1.29, 1.82) is 0 Å². The van der Waals surface area contributed by atoms with Gasteiger partial charge in [0.05, 0.1) is 12.1 Å². The first-order valence-corrected chi connectivity index (χ1v) is 6.52. The fourth-order valence-corrected chi connectivity index (χ4v) is 2.54. The van der Waals surface area contributed by atoms with Gasteiger partial charge in [0.25, 0.3) is 0 Å². The number of nitrogens with two attached hydrogens (primary N) is 1. The van der Waals surface area contributed by atoms with E-state index < -0.39 is 0 Å². The summed E-state index contributed by atoms with van der Waals surface area (Å²) in [5.41, 5.74) is 3.25. The minimum Gasteiger partial charge on any atom is -0.378 e. The molecule has 5 heteroatoms. The van der Waals surface area contributed by atoms with Crippen molar-refractivity contribution in [3.05, 3.63) is 34.1 Å². The highest BCUT2D eigenvalue weighted by Gasteiger charge is 2.23. The van der Waals surface area contributed by atoms with Crippen molar-refractivity contribution in [2.45, 2.75) is 31.4 Å². The molecule has 1 aliphatic heterocycles. The number of hydrazine groups is 1.